The first-order chi connectivity index (χ1) is 8.00. The topological polar surface area (TPSA) is 49.3 Å². The molecule has 17 heavy (non-hydrogen) atoms. The summed E-state index contributed by atoms with van der Waals surface area (Å²) in [6, 6.07) is 5.33. The summed E-state index contributed by atoms with van der Waals surface area (Å²) in [7, 11) is 0. The first-order valence-corrected chi connectivity index (χ1v) is 6.69. The maximum atomic E-state index is 11.8. The van der Waals surface area contributed by atoms with E-state index in [0.717, 1.165) is 10.9 Å². The SMILES string of the molecule is CC(O)CCCNC(=O)c1ccc(Br)cc1S. The smallest absolute Gasteiger partial charge is 0.252 e. The second kappa shape index (κ2) is 7.03. The third kappa shape index (κ3) is 5.10. The Morgan fingerprint density at radius 3 is 2.88 bits per heavy atom. The van der Waals surface area contributed by atoms with Gasteiger partial charge in [-0.05, 0) is 38.0 Å². The summed E-state index contributed by atoms with van der Waals surface area (Å²) in [4.78, 5) is 12.4. The van der Waals surface area contributed by atoms with Crippen molar-refractivity contribution in [1.82, 2.24) is 5.32 Å². The highest BCUT2D eigenvalue weighted by atomic mass is 79.9. The number of benzene rings is 1. The van der Waals surface area contributed by atoms with Crippen molar-refractivity contribution in [1.29, 1.82) is 0 Å². The molecule has 5 heteroatoms. The molecule has 1 rings (SSSR count). The molecule has 0 saturated carbocycles. The molecule has 0 aliphatic carbocycles. The van der Waals surface area contributed by atoms with Gasteiger partial charge in [0, 0.05) is 15.9 Å². The number of hydrogen-bond acceptors (Lipinski definition) is 3. The first-order valence-electron chi connectivity index (χ1n) is 5.45. The van der Waals surface area contributed by atoms with Crippen LogP contribution in [0.15, 0.2) is 27.6 Å². The molecule has 1 amide bonds. The van der Waals surface area contributed by atoms with Gasteiger partial charge in [-0.2, -0.15) is 0 Å². The number of rotatable bonds is 5. The van der Waals surface area contributed by atoms with Gasteiger partial charge in [-0.15, -0.1) is 12.6 Å². The third-order valence-electron chi connectivity index (χ3n) is 2.29. The van der Waals surface area contributed by atoms with Crippen LogP contribution in [-0.2, 0) is 0 Å². The molecular formula is C12H16BrNO2S. The van der Waals surface area contributed by atoms with E-state index in [1.54, 1.807) is 19.1 Å². The van der Waals surface area contributed by atoms with Gasteiger partial charge in [0.05, 0.1) is 11.7 Å². The Kier molecular flexibility index (Phi) is 6.02. The van der Waals surface area contributed by atoms with Crippen molar-refractivity contribution >= 4 is 34.5 Å². The van der Waals surface area contributed by atoms with Gasteiger partial charge in [-0.3, -0.25) is 4.79 Å². The van der Waals surface area contributed by atoms with E-state index in [1.807, 2.05) is 6.07 Å². The third-order valence-corrected chi connectivity index (χ3v) is 3.15. The van der Waals surface area contributed by atoms with E-state index in [0.29, 0.717) is 23.4 Å². The molecule has 3 nitrogen and oxygen atoms in total. The lowest BCUT2D eigenvalue weighted by Gasteiger charge is -2.08. The van der Waals surface area contributed by atoms with E-state index < -0.39 is 0 Å². The number of thiol groups is 1. The molecule has 94 valence electrons. The van der Waals surface area contributed by atoms with Crippen LogP contribution in [0.4, 0.5) is 0 Å². The van der Waals surface area contributed by atoms with Gasteiger partial charge >= 0.3 is 0 Å². The summed E-state index contributed by atoms with van der Waals surface area (Å²) in [6.45, 7) is 2.30. The van der Waals surface area contributed by atoms with Crippen molar-refractivity contribution in [2.24, 2.45) is 0 Å². The summed E-state index contributed by atoms with van der Waals surface area (Å²) in [5.74, 6) is -0.131. The lowest BCUT2D eigenvalue weighted by Crippen LogP contribution is -2.25. The van der Waals surface area contributed by atoms with Gasteiger partial charge in [-0.1, -0.05) is 15.9 Å². The van der Waals surface area contributed by atoms with Gasteiger partial charge in [0.2, 0.25) is 0 Å². The Balaban J connectivity index is 2.47. The van der Waals surface area contributed by atoms with E-state index in [-0.39, 0.29) is 12.0 Å². The molecule has 0 aromatic heterocycles. The number of aliphatic hydroxyl groups excluding tert-OH is 1. The van der Waals surface area contributed by atoms with E-state index >= 15 is 0 Å². The Morgan fingerprint density at radius 2 is 2.29 bits per heavy atom. The molecule has 0 spiro atoms. The molecule has 0 bridgehead atoms. The van der Waals surface area contributed by atoms with Gasteiger partial charge in [0.1, 0.15) is 0 Å². The summed E-state index contributed by atoms with van der Waals surface area (Å²) in [5, 5.41) is 11.9. The van der Waals surface area contributed by atoms with Crippen molar-refractivity contribution in [2.45, 2.75) is 30.8 Å². The maximum absolute atomic E-state index is 11.8. The van der Waals surface area contributed by atoms with Crippen molar-refractivity contribution in [3.8, 4) is 0 Å². The summed E-state index contributed by atoms with van der Waals surface area (Å²) < 4.78 is 0.896. The van der Waals surface area contributed by atoms with Crippen molar-refractivity contribution in [3.05, 3.63) is 28.2 Å². The number of carbonyl (C=O) groups excluding carboxylic acids is 1. The van der Waals surface area contributed by atoms with Crippen LogP contribution in [-0.4, -0.2) is 23.7 Å². The first kappa shape index (κ1) is 14.5. The summed E-state index contributed by atoms with van der Waals surface area (Å²) in [6.07, 6.45) is 1.14. The number of amides is 1. The standard InChI is InChI=1S/C12H16BrNO2S/c1-8(15)3-2-6-14-12(16)10-5-4-9(13)7-11(10)17/h4-5,7-8,15,17H,2-3,6H2,1H3,(H,14,16). The normalized spacial score (nSPS) is 12.2. The molecule has 0 radical (unpaired) electrons. The fourth-order valence-corrected chi connectivity index (χ4v) is 2.24. The lowest BCUT2D eigenvalue weighted by molar-refractivity contribution is 0.0947. The number of halogens is 1. The minimum absolute atomic E-state index is 0.131. The van der Waals surface area contributed by atoms with Gasteiger partial charge in [0.15, 0.2) is 0 Å². The zero-order chi connectivity index (χ0) is 12.8. The molecule has 0 saturated heterocycles. The predicted octanol–water partition coefficient (Wildman–Crippen LogP) is 2.63. The van der Waals surface area contributed by atoms with E-state index in [9.17, 15) is 4.79 Å². The largest absolute Gasteiger partial charge is 0.393 e. The van der Waals surface area contributed by atoms with Gasteiger partial charge < -0.3 is 10.4 Å². The van der Waals surface area contributed by atoms with Crippen LogP contribution in [0.3, 0.4) is 0 Å². The van der Waals surface area contributed by atoms with Crippen LogP contribution < -0.4 is 5.32 Å². The number of aliphatic hydroxyl groups is 1. The number of hydrogen-bond donors (Lipinski definition) is 3. The maximum Gasteiger partial charge on any atom is 0.252 e. The molecule has 0 aliphatic heterocycles. The minimum Gasteiger partial charge on any atom is -0.393 e. The van der Waals surface area contributed by atoms with Crippen LogP contribution in [0, 0.1) is 0 Å². The van der Waals surface area contributed by atoms with Crippen molar-refractivity contribution < 1.29 is 9.90 Å². The van der Waals surface area contributed by atoms with Crippen LogP contribution in [0.25, 0.3) is 0 Å². The highest BCUT2D eigenvalue weighted by molar-refractivity contribution is 9.10. The van der Waals surface area contributed by atoms with E-state index in [1.165, 1.54) is 0 Å². The van der Waals surface area contributed by atoms with E-state index in [4.69, 9.17) is 5.11 Å². The summed E-state index contributed by atoms with van der Waals surface area (Å²) >= 11 is 7.57. The zero-order valence-corrected chi connectivity index (χ0v) is 12.1. The molecule has 2 N–H and O–H groups in total. The average molecular weight is 318 g/mol. The Labute approximate surface area is 115 Å². The Morgan fingerprint density at radius 1 is 1.59 bits per heavy atom. The second-order valence-corrected chi connectivity index (χ2v) is 5.31. The van der Waals surface area contributed by atoms with Crippen LogP contribution >= 0.6 is 28.6 Å². The molecule has 1 atom stereocenters. The average Bonchev–Trinajstić information content (AvgIpc) is 2.23. The molecule has 0 aliphatic rings. The molecule has 0 fully saturated rings. The molecule has 0 heterocycles. The van der Waals surface area contributed by atoms with Crippen LogP contribution in [0.1, 0.15) is 30.1 Å². The van der Waals surface area contributed by atoms with Gasteiger partial charge in [0.25, 0.3) is 5.91 Å². The lowest BCUT2D eigenvalue weighted by atomic mass is 10.2. The second-order valence-electron chi connectivity index (χ2n) is 3.91. The quantitative estimate of drug-likeness (QED) is 0.577. The molecule has 1 aromatic rings. The van der Waals surface area contributed by atoms with Crippen LogP contribution in [0.2, 0.25) is 0 Å². The predicted molar refractivity (Wildman–Crippen MR) is 74.6 cm³/mol. The number of carbonyl (C=O) groups is 1. The highest BCUT2D eigenvalue weighted by Gasteiger charge is 2.09. The van der Waals surface area contributed by atoms with Crippen molar-refractivity contribution in [3.63, 3.8) is 0 Å². The zero-order valence-electron chi connectivity index (χ0n) is 9.61. The fourth-order valence-electron chi connectivity index (χ4n) is 1.39. The fraction of sp³-hybridized carbons (Fsp3) is 0.417. The van der Waals surface area contributed by atoms with Crippen LogP contribution in [0.5, 0.6) is 0 Å². The minimum atomic E-state index is -0.319. The molecule has 1 unspecified atom stereocenters. The Hall–Kier alpha value is -0.520. The molecule has 1 aromatic carbocycles. The molecular weight excluding hydrogens is 302 g/mol. The number of nitrogens with one attached hydrogen (secondary N) is 1. The Bertz CT molecular complexity index is 396. The van der Waals surface area contributed by atoms with Crippen molar-refractivity contribution in [2.75, 3.05) is 6.54 Å². The summed E-state index contributed by atoms with van der Waals surface area (Å²) in [5.41, 5.74) is 0.564. The highest BCUT2D eigenvalue weighted by Crippen LogP contribution is 2.19. The van der Waals surface area contributed by atoms with Gasteiger partial charge in [-0.25, -0.2) is 0 Å². The monoisotopic (exact) mass is 317 g/mol. The van der Waals surface area contributed by atoms with E-state index in [2.05, 4.69) is 33.9 Å².